The lowest BCUT2D eigenvalue weighted by molar-refractivity contribution is 0.803. The molecule has 248 valence electrons. The van der Waals surface area contributed by atoms with Crippen molar-refractivity contribution in [2.45, 2.75) is 32.6 Å². The third-order valence-electron chi connectivity index (χ3n) is 9.67. The van der Waals surface area contributed by atoms with Gasteiger partial charge in [0.1, 0.15) is 6.07 Å². The number of allylic oxidation sites excluding steroid dienone is 5. The fraction of sp³-hybridized carbons (Fsp3) is 0.128. The Bertz CT molecular complexity index is 2290. The lowest BCUT2D eigenvalue weighted by Crippen LogP contribution is -2.08. The van der Waals surface area contributed by atoms with E-state index in [1.807, 2.05) is 43.4 Å². The summed E-state index contributed by atoms with van der Waals surface area (Å²) in [5, 5.41) is 13.9. The molecule has 0 aliphatic heterocycles. The van der Waals surface area contributed by atoms with E-state index < -0.39 is 0 Å². The standard InChI is InChI=1S/C47H40N4/c1-32(44(49-3)37-14-7-4-8-15-37)30-34-22-24-35(25-23-34)41-20-13-21-42(43(41)31-48)36-26-28-39(29-27-36)46-33(2)45(38-16-9-5-10-17-38)50-47(51-46)40-18-11-6-12-19-40/h4-28,39,49H,29-30H2,1-3H3/b44-32-. The van der Waals surface area contributed by atoms with Crippen LogP contribution in [-0.2, 0) is 6.42 Å². The molecule has 1 heterocycles. The zero-order valence-electron chi connectivity index (χ0n) is 29.3. The molecule has 51 heavy (non-hydrogen) atoms. The van der Waals surface area contributed by atoms with Crippen LogP contribution in [0.5, 0.6) is 0 Å². The van der Waals surface area contributed by atoms with Crippen molar-refractivity contribution in [2.24, 2.45) is 0 Å². The predicted octanol–water partition coefficient (Wildman–Crippen LogP) is 11.0. The minimum atomic E-state index is 0.0887. The monoisotopic (exact) mass is 660 g/mol. The van der Waals surface area contributed by atoms with E-state index in [2.05, 4.69) is 141 Å². The quantitative estimate of drug-likeness (QED) is 0.168. The zero-order valence-corrected chi connectivity index (χ0v) is 29.3. The smallest absolute Gasteiger partial charge is 0.160 e. The lowest BCUT2D eigenvalue weighted by Gasteiger charge is -2.21. The van der Waals surface area contributed by atoms with Crippen LogP contribution >= 0.6 is 0 Å². The van der Waals surface area contributed by atoms with Crippen molar-refractivity contribution >= 4 is 11.3 Å². The average molecular weight is 661 g/mol. The van der Waals surface area contributed by atoms with Crippen LogP contribution in [0.15, 0.2) is 157 Å². The Labute approximate surface area is 301 Å². The van der Waals surface area contributed by atoms with Crippen molar-refractivity contribution in [1.29, 1.82) is 5.26 Å². The minimum Gasteiger partial charge on any atom is -0.388 e. The fourth-order valence-electron chi connectivity index (χ4n) is 7.07. The molecule has 0 saturated carbocycles. The van der Waals surface area contributed by atoms with Crippen LogP contribution < -0.4 is 5.32 Å². The third-order valence-corrected chi connectivity index (χ3v) is 9.67. The number of rotatable bonds is 9. The van der Waals surface area contributed by atoms with Crippen molar-refractivity contribution < 1.29 is 0 Å². The van der Waals surface area contributed by atoms with Gasteiger partial charge >= 0.3 is 0 Å². The highest BCUT2D eigenvalue weighted by atomic mass is 14.9. The number of aromatic nitrogens is 2. The first-order chi connectivity index (χ1) is 25.0. The number of nitrogens with one attached hydrogen (secondary N) is 1. The van der Waals surface area contributed by atoms with Gasteiger partial charge < -0.3 is 5.32 Å². The Balaban J connectivity index is 1.16. The number of hydrogen-bond donors (Lipinski definition) is 1. The van der Waals surface area contributed by atoms with E-state index in [1.54, 1.807) is 0 Å². The van der Waals surface area contributed by atoms with Gasteiger partial charge in [-0.05, 0) is 65.7 Å². The molecule has 0 amide bonds. The molecule has 7 rings (SSSR count). The first kappa shape index (κ1) is 33.2. The van der Waals surface area contributed by atoms with Crippen molar-refractivity contribution in [3.05, 3.63) is 191 Å². The first-order valence-electron chi connectivity index (χ1n) is 17.5. The van der Waals surface area contributed by atoms with Gasteiger partial charge in [-0.25, -0.2) is 9.97 Å². The highest BCUT2D eigenvalue weighted by molar-refractivity contribution is 5.85. The van der Waals surface area contributed by atoms with Gasteiger partial charge in [-0.2, -0.15) is 5.26 Å². The number of benzene rings is 5. The lowest BCUT2D eigenvalue weighted by atomic mass is 9.85. The minimum absolute atomic E-state index is 0.0887. The maximum atomic E-state index is 10.5. The van der Waals surface area contributed by atoms with Gasteiger partial charge in [-0.15, -0.1) is 0 Å². The summed E-state index contributed by atoms with van der Waals surface area (Å²) in [4.78, 5) is 10.2. The molecule has 5 aromatic carbocycles. The SMILES string of the molecule is CN/C(=C(/C)Cc1ccc(-c2cccc(C3=CCC(c4nc(-c5ccccc5)nc(-c5ccccc5)c4C)C=C3)c2C#N)cc1)c1ccccc1. The van der Waals surface area contributed by atoms with Crippen LogP contribution in [0.2, 0.25) is 0 Å². The summed E-state index contributed by atoms with van der Waals surface area (Å²) in [5.74, 6) is 0.819. The molecule has 1 aliphatic rings. The van der Waals surface area contributed by atoms with E-state index in [0.29, 0.717) is 5.56 Å². The van der Waals surface area contributed by atoms with Gasteiger partial charge in [0.15, 0.2) is 5.82 Å². The summed E-state index contributed by atoms with van der Waals surface area (Å²) in [6, 6.07) is 48.3. The molecule has 0 radical (unpaired) electrons. The van der Waals surface area contributed by atoms with E-state index in [9.17, 15) is 5.26 Å². The zero-order chi connectivity index (χ0) is 35.2. The molecule has 0 fully saturated rings. The molecule has 0 bridgehead atoms. The summed E-state index contributed by atoms with van der Waals surface area (Å²) < 4.78 is 0. The largest absolute Gasteiger partial charge is 0.388 e. The summed E-state index contributed by atoms with van der Waals surface area (Å²) in [6.45, 7) is 4.30. The molecule has 1 unspecified atom stereocenters. The van der Waals surface area contributed by atoms with Gasteiger partial charge in [-0.1, -0.05) is 152 Å². The maximum Gasteiger partial charge on any atom is 0.160 e. The van der Waals surface area contributed by atoms with Crippen LogP contribution in [0, 0.1) is 18.3 Å². The van der Waals surface area contributed by atoms with Crippen molar-refractivity contribution in [3.8, 4) is 39.8 Å². The molecule has 1 aromatic heterocycles. The van der Waals surface area contributed by atoms with Crippen molar-refractivity contribution in [3.63, 3.8) is 0 Å². The van der Waals surface area contributed by atoms with Gasteiger partial charge in [-0.3, -0.25) is 0 Å². The van der Waals surface area contributed by atoms with E-state index >= 15 is 0 Å². The molecular weight excluding hydrogens is 621 g/mol. The Morgan fingerprint density at radius 3 is 2.02 bits per heavy atom. The van der Waals surface area contributed by atoms with Crippen LogP contribution in [-0.4, -0.2) is 17.0 Å². The number of nitrogens with zero attached hydrogens (tertiary/aromatic N) is 3. The second kappa shape index (κ2) is 15.1. The molecule has 0 spiro atoms. The van der Waals surface area contributed by atoms with Gasteiger partial charge in [0.05, 0.1) is 17.0 Å². The van der Waals surface area contributed by atoms with Crippen molar-refractivity contribution in [1.82, 2.24) is 15.3 Å². The van der Waals surface area contributed by atoms with Crippen molar-refractivity contribution in [2.75, 3.05) is 7.05 Å². The van der Waals surface area contributed by atoms with Gasteiger partial charge in [0, 0.05) is 35.4 Å². The highest BCUT2D eigenvalue weighted by Crippen LogP contribution is 2.38. The van der Waals surface area contributed by atoms with E-state index in [-0.39, 0.29) is 5.92 Å². The average Bonchev–Trinajstić information content (AvgIpc) is 3.19. The molecular formula is C47H40N4. The second-order valence-electron chi connectivity index (χ2n) is 13.0. The van der Waals surface area contributed by atoms with E-state index in [4.69, 9.17) is 9.97 Å². The molecule has 4 nitrogen and oxygen atoms in total. The van der Waals surface area contributed by atoms with Crippen LogP contribution in [0.4, 0.5) is 0 Å². The molecule has 6 aromatic rings. The van der Waals surface area contributed by atoms with Gasteiger partial charge in [0.25, 0.3) is 0 Å². The Morgan fingerprint density at radius 2 is 1.39 bits per heavy atom. The summed E-state index contributed by atoms with van der Waals surface area (Å²) >= 11 is 0. The Morgan fingerprint density at radius 1 is 0.745 bits per heavy atom. The topological polar surface area (TPSA) is 61.6 Å². The summed E-state index contributed by atoms with van der Waals surface area (Å²) in [5.41, 5.74) is 14.7. The molecule has 0 saturated heterocycles. The van der Waals surface area contributed by atoms with Crippen LogP contribution in [0.1, 0.15) is 52.8 Å². The van der Waals surface area contributed by atoms with E-state index in [1.165, 1.54) is 16.7 Å². The summed E-state index contributed by atoms with van der Waals surface area (Å²) in [6.07, 6.45) is 8.26. The first-order valence-corrected chi connectivity index (χ1v) is 17.5. The second-order valence-corrected chi connectivity index (χ2v) is 13.0. The maximum absolute atomic E-state index is 10.5. The Kier molecular flexibility index (Phi) is 9.81. The molecule has 4 heteroatoms. The molecule has 1 atom stereocenters. The van der Waals surface area contributed by atoms with Gasteiger partial charge in [0.2, 0.25) is 0 Å². The predicted molar refractivity (Wildman–Crippen MR) is 211 cm³/mol. The highest BCUT2D eigenvalue weighted by Gasteiger charge is 2.22. The number of nitriles is 1. The normalized spacial score (nSPS) is 14.3. The molecule has 1 aliphatic carbocycles. The fourth-order valence-corrected chi connectivity index (χ4v) is 7.07. The van der Waals surface area contributed by atoms with Crippen LogP contribution in [0.3, 0.4) is 0 Å². The Hall–Kier alpha value is -6.31. The number of hydrogen-bond acceptors (Lipinski definition) is 4. The molecule has 1 N–H and O–H groups in total. The third kappa shape index (κ3) is 7.06. The summed E-state index contributed by atoms with van der Waals surface area (Å²) in [7, 11) is 1.98. The van der Waals surface area contributed by atoms with Crippen LogP contribution in [0.25, 0.3) is 45.0 Å². The van der Waals surface area contributed by atoms with E-state index in [0.717, 1.165) is 74.7 Å².